The normalized spacial score (nSPS) is 18.3. The Morgan fingerprint density at radius 3 is 2.71 bits per heavy atom. The predicted molar refractivity (Wildman–Crippen MR) is 56.3 cm³/mol. The van der Waals surface area contributed by atoms with Crippen LogP contribution in [-0.4, -0.2) is 18.1 Å². The van der Waals surface area contributed by atoms with Gasteiger partial charge < -0.3 is 16.0 Å². The molecule has 0 aliphatic carbocycles. The van der Waals surface area contributed by atoms with E-state index < -0.39 is 0 Å². The van der Waals surface area contributed by atoms with Crippen molar-refractivity contribution in [2.24, 2.45) is 0 Å². The molecule has 4 nitrogen and oxygen atoms in total. The van der Waals surface area contributed by atoms with Crippen LogP contribution in [0.25, 0.3) is 0 Å². The van der Waals surface area contributed by atoms with Crippen LogP contribution in [0.5, 0.6) is 0 Å². The third-order valence-electron chi connectivity index (χ3n) is 2.76. The molecule has 14 heavy (non-hydrogen) atoms. The lowest BCUT2D eigenvalue weighted by atomic mass is 9.91. The van der Waals surface area contributed by atoms with Gasteiger partial charge in [-0.3, -0.25) is 4.79 Å². The highest BCUT2D eigenvalue weighted by Gasteiger charge is 2.15. The summed E-state index contributed by atoms with van der Waals surface area (Å²) < 4.78 is 0. The first-order valence-electron chi connectivity index (χ1n) is 4.96. The quantitative estimate of drug-likeness (QED) is 0.605. The molecule has 0 radical (unpaired) electrons. The van der Waals surface area contributed by atoms with Crippen molar-refractivity contribution in [1.29, 1.82) is 0 Å². The molecule has 1 aliphatic rings. The molecular weight excluding hydrogens is 178 g/mol. The number of hydrogen-bond acceptors (Lipinski definition) is 3. The Labute approximate surface area is 82.5 Å². The Morgan fingerprint density at radius 2 is 2.07 bits per heavy atom. The third-order valence-corrected chi connectivity index (χ3v) is 2.76. The molecule has 0 aromatic carbocycles. The molecule has 1 aromatic heterocycles. The van der Waals surface area contributed by atoms with Crippen molar-refractivity contribution in [2.75, 3.05) is 18.8 Å². The number of nitrogens with two attached hydrogens (primary N) is 1. The van der Waals surface area contributed by atoms with Gasteiger partial charge in [0.2, 0.25) is 0 Å². The Kier molecular flexibility index (Phi) is 2.54. The number of aromatic amines is 1. The van der Waals surface area contributed by atoms with Crippen LogP contribution < -0.4 is 16.6 Å². The van der Waals surface area contributed by atoms with Gasteiger partial charge in [-0.05, 0) is 43.5 Å². The lowest BCUT2D eigenvalue weighted by molar-refractivity contribution is 0.459. The molecule has 4 heteroatoms. The summed E-state index contributed by atoms with van der Waals surface area (Å²) in [4.78, 5) is 13.7. The van der Waals surface area contributed by atoms with E-state index in [2.05, 4.69) is 10.3 Å². The lowest BCUT2D eigenvalue weighted by Gasteiger charge is -2.22. The first kappa shape index (κ1) is 9.27. The fourth-order valence-electron chi connectivity index (χ4n) is 1.91. The van der Waals surface area contributed by atoms with Gasteiger partial charge >= 0.3 is 0 Å². The van der Waals surface area contributed by atoms with Crippen LogP contribution in [0.4, 0.5) is 5.69 Å². The molecule has 0 unspecified atom stereocenters. The van der Waals surface area contributed by atoms with Crippen molar-refractivity contribution in [3.05, 3.63) is 28.2 Å². The number of H-pyrrole nitrogens is 1. The summed E-state index contributed by atoms with van der Waals surface area (Å²) in [5.41, 5.74) is 6.85. The van der Waals surface area contributed by atoms with Gasteiger partial charge in [0.15, 0.2) is 0 Å². The maximum absolute atomic E-state index is 11.1. The predicted octanol–water partition coefficient (Wildman–Crippen LogP) is 0.424. The second kappa shape index (κ2) is 3.84. The van der Waals surface area contributed by atoms with Gasteiger partial charge in [0.1, 0.15) is 0 Å². The summed E-state index contributed by atoms with van der Waals surface area (Å²) in [6.07, 6.45) is 4.02. The van der Waals surface area contributed by atoms with Crippen LogP contribution in [0.1, 0.15) is 24.3 Å². The van der Waals surface area contributed by atoms with E-state index in [1.54, 1.807) is 12.3 Å². The summed E-state index contributed by atoms with van der Waals surface area (Å²) in [6.45, 7) is 2.09. The Hall–Kier alpha value is -1.29. The lowest BCUT2D eigenvalue weighted by Crippen LogP contribution is -2.27. The molecule has 2 heterocycles. The first-order chi connectivity index (χ1) is 6.77. The number of piperidine rings is 1. The van der Waals surface area contributed by atoms with Crippen LogP contribution in [0.3, 0.4) is 0 Å². The molecule has 0 bridgehead atoms. The van der Waals surface area contributed by atoms with Crippen molar-refractivity contribution in [3.63, 3.8) is 0 Å². The average molecular weight is 193 g/mol. The van der Waals surface area contributed by atoms with Gasteiger partial charge in [-0.15, -0.1) is 0 Å². The molecule has 1 saturated heterocycles. The SMILES string of the molecule is Nc1cc(C2CCNCC2)c[nH]c1=O. The zero-order chi connectivity index (χ0) is 9.97. The van der Waals surface area contributed by atoms with Crippen LogP contribution in [0, 0.1) is 0 Å². The Bertz CT molecular complexity index is 366. The van der Waals surface area contributed by atoms with Gasteiger partial charge in [0, 0.05) is 6.20 Å². The van der Waals surface area contributed by atoms with Crippen LogP contribution in [0.2, 0.25) is 0 Å². The van der Waals surface area contributed by atoms with E-state index in [-0.39, 0.29) is 5.56 Å². The maximum Gasteiger partial charge on any atom is 0.271 e. The topological polar surface area (TPSA) is 70.9 Å². The summed E-state index contributed by atoms with van der Waals surface area (Å²) in [6, 6.07) is 1.80. The number of rotatable bonds is 1. The minimum absolute atomic E-state index is 0.192. The molecule has 2 rings (SSSR count). The van der Waals surface area contributed by atoms with Crippen molar-refractivity contribution in [3.8, 4) is 0 Å². The summed E-state index contributed by atoms with van der Waals surface area (Å²) in [5.74, 6) is 0.537. The van der Waals surface area contributed by atoms with E-state index in [4.69, 9.17) is 5.73 Å². The van der Waals surface area contributed by atoms with Gasteiger partial charge in [0.05, 0.1) is 5.69 Å². The highest BCUT2D eigenvalue weighted by molar-refractivity contribution is 5.38. The third kappa shape index (κ3) is 1.80. The van der Waals surface area contributed by atoms with Gasteiger partial charge in [-0.25, -0.2) is 0 Å². The largest absolute Gasteiger partial charge is 0.394 e. The van der Waals surface area contributed by atoms with Gasteiger partial charge in [-0.2, -0.15) is 0 Å². The summed E-state index contributed by atoms with van der Waals surface area (Å²) in [7, 11) is 0. The number of aromatic nitrogens is 1. The monoisotopic (exact) mass is 193 g/mol. The number of anilines is 1. The van der Waals surface area contributed by atoms with Gasteiger partial charge in [0.25, 0.3) is 5.56 Å². The Morgan fingerprint density at radius 1 is 1.36 bits per heavy atom. The minimum Gasteiger partial charge on any atom is -0.394 e. The number of nitrogen functional groups attached to an aromatic ring is 1. The van der Waals surface area contributed by atoms with Crippen molar-refractivity contribution < 1.29 is 0 Å². The standard InChI is InChI=1S/C10H15N3O/c11-9-5-8(6-13-10(9)14)7-1-3-12-4-2-7/h5-7,12H,1-4,11H2,(H,13,14). The second-order valence-corrected chi connectivity index (χ2v) is 3.74. The molecule has 4 N–H and O–H groups in total. The van der Waals surface area contributed by atoms with Crippen LogP contribution in [0.15, 0.2) is 17.1 Å². The fourth-order valence-corrected chi connectivity index (χ4v) is 1.91. The smallest absolute Gasteiger partial charge is 0.271 e. The molecule has 0 amide bonds. The zero-order valence-electron chi connectivity index (χ0n) is 8.05. The summed E-state index contributed by atoms with van der Waals surface area (Å²) >= 11 is 0. The van der Waals surface area contributed by atoms with Crippen molar-refractivity contribution in [1.82, 2.24) is 10.3 Å². The fraction of sp³-hybridized carbons (Fsp3) is 0.500. The van der Waals surface area contributed by atoms with Crippen molar-refractivity contribution >= 4 is 5.69 Å². The van der Waals surface area contributed by atoms with Gasteiger partial charge in [-0.1, -0.05) is 0 Å². The number of hydrogen-bond donors (Lipinski definition) is 3. The van der Waals surface area contributed by atoms with E-state index in [1.165, 1.54) is 0 Å². The molecule has 0 spiro atoms. The molecule has 1 aromatic rings. The molecule has 1 aliphatic heterocycles. The van der Waals surface area contributed by atoms with E-state index in [0.29, 0.717) is 11.6 Å². The Balaban J connectivity index is 2.22. The molecule has 1 fully saturated rings. The molecular formula is C10H15N3O. The first-order valence-corrected chi connectivity index (χ1v) is 4.96. The number of pyridine rings is 1. The summed E-state index contributed by atoms with van der Waals surface area (Å²) in [5, 5.41) is 3.31. The maximum atomic E-state index is 11.1. The van der Waals surface area contributed by atoms with E-state index in [1.807, 2.05) is 0 Å². The van der Waals surface area contributed by atoms with E-state index >= 15 is 0 Å². The highest BCUT2D eigenvalue weighted by Crippen LogP contribution is 2.24. The highest BCUT2D eigenvalue weighted by atomic mass is 16.1. The van der Waals surface area contributed by atoms with E-state index in [0.717, 1.165) is 31.5 Å². The molecule has 0 saturated carbocycles. The van der Waals surface area contributed by atoms with Crippen LogP contribution in [-0.2, 0) is 0 Å². The molecule has 0 atom stereocenters. The number of nitrogens with one attached hydrogen (secondary N) is 2. The van der Waals surface area contributed by atoms with E-state index in [9.17, 15) is 4.79 Å². The average Bonchev–Trinajstić information content (AvgIpc) is 2.23. The van der Waals surface area contributed by atoms with Crippen LogP contribution >= 0.6 is 0 Å². The zero-order valence-corrected chi connectivity index (χ0v) is 8.05. The van der Waals surface area contributed by atoms with Crippen molar-refractivity contribution in [2.45, 2.75) is 18.8 Å². The second-order valence-electron chi connectivity index (χ2n) is 3.74. The minimum atomic E-state index is -0.192. The molecule has 76 valence electrons.